The third-order valence-corrected chi connectivity index (χ3v) is 1.84. The molecule has 9 heavy (non-hydrogen) atoms. The Bertz CT molecular complexity index is 65.9. The second kappa shape index (κ2) is 4.77. The van der Waals surface area contributed by atoms with Crippen LogP contribution in [0.5, 0.6) is 0 Å². The van der Waals surface area contributed by atoms with Crippen molar-refractivity contribution in [3.63, 3.8) is 0 Å². The van der Waals surface area contributed by atoms with Gasteiger partial charge in [0.25, 0.3) is 0 Å². The van der Waals surface area contributed by atoms with Crippen LogP contribution in [0.2, 0.25) is 0 Å². The Morgan fingerprint density at radius 3 is 2.44 bits per heavy atom. The van der Waals surface area contributed by atoms with E-state index < -0.39 is 0 Å². The Balaban J connectivity index is 3.32. The van der Waals surface area contributed by atoms with E-state index in [0.717, 1.165) is 12.8 Å². The van der Waals surface area contributed by atoms with Crippen LogP contribution in [0.25, 0.3) is 0 Å². The van der Waals surface area contributed by atoms with Gasteiger partial charge in [-0.2, -0.15) is 0 Å². The van der Waals surface area contributed by atoms with E-state index in [1.165, 1.54) is 0 Å². The van der Waals surface area contributed by atoms with Crippen molar-refractivity contribution in [2.75, 3.05) is 6.61 Å². The van der Waals surface area contributed by atoms with Gasteiger partial charge in [-0.1, -0.05) is 20.3 Å². The topological polar surface area (TPSA) is 46.2 Å². The number of hydrogen-bond acceptors (Lipinski definition) is 2. The van der Waals surface area contributed by atoms with Gasteiger partial charge >= 0.3 is 0 Å². The first-order chi connectivity index (χ1) is 4.22. The van der Waals surface area contributed by atoms with E-state index in [1.54, 1.807) is 0 Å². The Morgan fingerprint density at radius 1 is 1.56 bits per heavy atom. The first-order valence-corrected chi connectivity index (χ1v) is 3.58. The molecule has 0 spiro atoms. The van der Waals surface area contributed by atoms with Gasteiger partial charge in [-0.05, 0) is 12.3 Å². The zero-order valence-corrected chi connectivity index (χ0v) is 6.30. The molecule has 0 aromatic rings. The summed E-state index contributed by atoms with van der Waals surface area (Å²) in [7, 11) is 0. The van der Waals surface area contributed by atoms with E-state index >= 15 is 0 Å². The van der Waals surface area contributed by atoms with Crippen molar-refractivity contribution < 1.29 is 5.11 Å². The molecule has 0 aromatic heterocycles. The number of aliphatic hydroxyl groups excluding tert-OH is 1. The van der Waals surface area contributed by atoms with Crippen LogP contribution in [0, 0.1) is 5.92 Å². The molecule has 3 N–H and O–H groups in total. The molecule has 0 saturated heterocycles. The van der Waals surface area contributed by atoms with Crippen LogP contribution >= 0.6 is 0 Å². The summed E-state index contributed by atoms with van der Waals surface area (Å²) >= 11 is 0. The van der Waals surface area contributed by atoms with Crippen molar-refractivity contribution in [1.29, 1.82) is 0 Å². The van der Waals surface area contributed by atoms with Crippen LogP contribution in [0.4, 0.5) is 0 Å². The Morgan fingerprint density at radius 2 is 2.11 bits per heavy atom. The molecule has 0 amide bonds. The molecule has 0 aliphatic carbocycles. The van der Waals surface area contributed by atoms with E-state index in [4.69, 9.17) is 10.8 Å². The van der Waals surface area contributed by atoms with Crippen LogP contribution < -0.4 is 5.73 Å². The second-order valence-corrected chi connectivity index (χ2v) is 2.56. The van der Waals surface area contributed by atoms with Crippen LogP contribution in [0.3, 0.4) is 0 Å². The van der Waals surface area contributed by atoms with E-state index in [1.807, 2.05) is 0 Å². The summed E-state index contributed by atoms with van der Waals surface area (Å²) in [4.78, 5) is 0. The van der Waals surface area contributed by atoms with Crippen LogP contribution in [-0.2, 0) is 0 Å². The normalized spacial score (nSPS) is 17.3. The Kier molecular flexibility index (Phi) is 4.72. The summed E-state index contributed by atoms with van der Waals surface area (Å²) in [5.41, 5.74) is 5.68. The molecule has 2 atom stereocenters. The van der Waals surface area contributed by atoms with Crippen molar-refractivity contribution in [3.8, 4) is 0 Å². The fourth-order valence-corrected chi connectivity index (χ4v) is 0.736. The molecule has 0 rings (SSSR count). The molecule has 0 radical (unpaired) electrons. The number of hydrogen-bond donors (Lipinski definition) is 2. The minimum atomic E-state index is 0.181. The standard InChI is InChI=1S/C7H17NO/c1-3-6(2)7(8)4-5-9/h6-7,9H,3-5,8H2,1-2H3/t6-,7+/m0/s1. The highest BCUT2D eigenvalue weighted by Gasteiger charge is 2.08. The average molecular weight is 131 g/mol. The monoisotopic (exact) mass is 131 g/mol. The van der Waals surface area contributed by atoms with Gasteiger partial charge in [0.1, 0.15) is 0 Å². The molecule has 56 valence electrons. The lowest BCUT2D eigenvalue weighted by Crippen LogP contribution is -2.28. The summed E-state index contributed by atoms with van der Waals surface area (Å²) in [6.45, 7) is 4.44. The van der Waals surface area contributed by atoms with Crippen LogP contribution in [0.1, 0.15) is 26.7 Å². The average Bonchev–Trinajstić information content (AvgIpc) is 1.87. The summed E-state index contributed by atoms with van der Waals surface area (Å²) in [5, 5.41) is 8.50. The summed E-state index contributed by atoms with van der Waals surface area (Å²) in [6, 6.07) is 0.181. The largest absolute Gasteiger partial charge is 0.396 e. The quantitative estimate of drug-likeness (QED) is 0.591. The highest BCUT2D eigenvalue weighted by atomic mass is 16.3. The maximum absolute atomic E-state index is 8.50. The van der Waals surface area contributed by atoms with Crippen LogP contribution in [-0.4, -0.2) is 17.8 Å². The van der Waals surface area contributed by atoms with Gasteiger partial charge in [-0.25, -0.2) is 0 Å². The van der Waals surface area contributed by atoms with E-state index in [9.17, 15) is 0 Å². The van der Waals surface area contributed by atoms with E-state index in [-0.39, 0.29) is 12.6 Å². The minimum absolute atomic E-state index is 0.181. The lowest BCUT2D eigenvalue weighted by molar-refractivity contribution is 0.257. The molecule has 2 heteroatoms. The predicted molar refractivity (Wildman–Crippen MR) is 39.1 cm³/mol. The zero-order chi connectivity index (χ0) is 7.28. The lowest BCUT2D eigenvalue weighted by Gasteiger charge is -2.16. The predicted octanol–water partition coefficient (Wildman–Crippen LogP) is 0.742. The van der Waals surface area contributed by atoms with E-state index in [0.29, 0.717) is 5.92 Å². The number of aliphatic hydroxyl groups is 1. The Labute approximate surface area is 57.1 Å². The fraction of sp³-hybridized carbons (Fsp3) is 1.00. The Hall–Kier alpha value is -0.0800. The molecule has 0 aromatic carbocycles. The van der Waals surface area contributed by atoms with Gasteiger partial charge in [-0.3, -0.25) is 0 Å². The maximum atomic E-state index is 8.50. The summed E-state index contributed by atoms with van der Waals surface area (Å²) < 4.78 is 0. The van der Waals surface area contributed by atoms with E-state index in [2.05, 4.69) is 13.8 Å². The summed E-state index contributed by atoms with van der Waals surface area (Å²) in [5.74, 6) is 0.539. The maximum Gasteiger partial charge on any atom is 0.0445 e. The SMILES string of the molecule is CC[C@H](C)[C@H](N)CCO. The fourth-order valence-electron chi connectivity index (χ4n) is 0.736. The van der Waals surface area contributed by atoms with Gasteiger partial charge in [0.2, 0.25) is 0 Å². The third kappa shape index (κ3) is 3.49. The molecule has 0 unspecified atom stereocenters. The third-order valence-electron chi connectivity index (χ3n) is 1.84. The lowest BCUT2D eigenvalue weighted by atomic mass is 9.98. The van der Waals surface area contributed by atoms with Crippen molar-refractivity contribution in [2.45, 2.75) is 32.7 Å². The van der Waals surface area contributed by atoms with Crippen LogP contribution in [0.15, 0.2) is 0 Å². The molecular formula is C7H17NO. The van der Waals surface area contributed by atoms with Crippen molar-refractivity contribution in [3.05, 3.63) is 0 Å². The first-order valence-electron chi connectivity index (χ1n) is 3.58. The second-order valence-electron chi connectivity index (χ2n) is 2.56. The van der Waals surface area contributed by atoms with Gasteiger partial charge < -0.3 is 10.8 Å². The zero-order valence-electron chi connectivity index (χ0n) is 6.30. The van der Waals surface area contributed by atoms with Gasteiger partial charge in [-0.15, -0.1) is 0 Å². The van der Waals surface area contributed by atoms with Crippen molar-refractivity contribution in [1.82, 2.24) is 0 Å². The number of rotatable bonds is 4. The summed E-state index contributed by atoms with van der Waals surface area (Å²) in [6.07, 6.45) is 1.83. The molecule has 0 aliphatic heterocycles. The molecule has 0 aliphatic rings. The molecule has 2 nitrogen and oxygen atoms in total. The highest BCUT2D eigenvalue weighted by Crippen LogP contribution is 2.07. The molecular weight excluding hydrogens is 114 g/mol. The van der Waals surface area contributed by atoms with Gasteiger partial charge in [0.15, 0.2) is 0 Å². The molecule has 0 bridgehead atoms. The van der Waals surface area contributed by atoms with Crippen molar-refractivity contribution in [2.24, 2.45) is 11.7 Å². The minimum Gasteiger partial charge on any atom is -0.396 e. The van der Waals surface area contributed by atoms with Gasteiger partial charge in [0.05, 0.1) is 0 Å². The first kappa shape index (κ1) is 8.92. The highest BCUT2D eigenvalue weighted by molar-refractivity contribution is 4.66. The molecule has 0 fully saturated rings. The smallest absolute Gasteiger partial charge is 0.0445 e. The molecule has 0 heterocycles. The van der Waals surface area contributed by atoms with Crippen molar-refractivity contribution >= 4 is 0 Å². The number of nitrogens with two attached hydrogens (primary N) is 1. The molecule has 0 saturated carbocycles. The van der Waals surface area contributed by atoms with Gasteiger partial charge in [0, 0.05) is 12.6 Å².